The van der Waals surface area contributed by atoms with Gasteiger partial charge in [-0.1, -0.05) is 12.1 Å². The van der Waals surface area contributed by atoms with E-state index in [9.17, 15) is 0 Å². The molecule has 1 aromatic carbocycles. The van der Waals surface area contributed by atoms with E-state index in [0.29, 0.717) is 6.04 Å². The molecule has 0 radical (unpaired) electrons. The molecule has 1 atom stereocenters. The smallest absolute Gasteiger partial charge is 0.119 e. The fourth-order valence-electron chi connectivity index (χ4n) is 1.96. The van der Waals surface area contributed by atoms with Gasteiger partial charge < -0.3 is 10.1 Å². The second-order valence-corrected chi connectivity index (χ2v) is 3.65. The summed E-state index contributed by atoms with van der Waals surface area (Å²) in [7, 11) is 0. The lowest BCUT2D eigenvalue weighted by molar-refractivity contribution is 0.339. The summed E-state index contributed by atoms with van der Waals surface area (Å²) in [6.45, 7) is 3.89. The fraction of sp³-hybridized carbons (Fsp3) is 0.500. The molecule has 1 aliphatic rings. The zero-order chi connectivity index (χ0) is 9.80. The predicted molar refractivity (Wildman–Crippen MR) is 64.8 cm³/mol. The Morgan fingerprint density at radius 1 is 1.47 bits per heavy atom. The molecule has 1 N–H and O–H groups in total. The molecule has 0 unspecified atom stereocenters. The highest BCUT2D eigenvalue weighted by molar-refractivity contribution is 5.85. The zero-order valence-electron chi connectivity index (χ0n) is 9.03. The van der Waals surface area contributed by atoms with E-state index in [-0.39, 0.29) is 12.4 Å². The Labute approximate surface area is 97.4 Å². The van der Waals surface area contributed by atoms with Gasteiger partial charge in [0.1, 0.15) is 5.75 Å². The molecule has 2 nitrogen and oxygen atoms in total. The summed E-state index contributed by atoms with van der Waals surface area (Å²) in [6, 6.07) is 8.94. The predicted octanol–water partition coefficient (Wildman–Crippen LogP) is 2.93. The molecule has 0 saturated carbocycles. The van der Waals surface area contributed by atoms with Crippen molar-refractivity contribution in [3.8, 4) is 5.75 Å². The van der Waals surface area contributed by atoms with Gasteiger partial charge in [0.05, 0.1) is 6.61 Å². The van der Waals surface area contributed by atoms with Crippen LogP contribution < -0.4 is 10.1 Å². The first kappa shape index (κ1) is 12.3. The van der Waals surface area contributed by atoms with Crippen molar-refractivity contribution < 1.29 is 4.74 Å². The first-order valence-electron chi connectivity index (χ1n) is 5.36. The van der Waals surface area contributed by atoms with Crippen LogP contribution in [0, 0.1) is 0 Å². The molecule has 0 bridgehead atoms. The van der Waals surface area contributed by atoms with Gasteiger partial charge in [-0.3, -0.25) is 0 Å². The lowest BCUT2D eigenvalue weighted by Gasteiger charge is -2.12. The molecule has 1 saturated heterocycles. The third kappa shape index (κ3) is 3.11. The maximum Gasteiger partial charge on any atom is 0.119 e. The number of rotatable bonds is 3. The van der Waals surface area contributed by atoms with Crippen molar-refractivity contribution in [2.75, 3.05) is 13.2 Å². The monoisotopic (exact) mass is 227 g/mol. The molecule has 84 valence electrons. The second kappa shape index (κ2) is 5.99. The lowest BCUT2D eigenvalue weighted by Crippen LogP contribution is -2.12. The van der Waals surface area contributed by atoms with E-state index in [1.54, 1.807) is 0 Å². The van der Waals surface area contributed by atoms with Crippen molar-refractivity contribution in [3.05, 3.63) is 29.8 Å². The van der Waals surface area contributed by atoms with Crippen LogP contribution in [0.3, 0.4) is 0 Å². The van der Waals surface area contributed by atoms with Crippen LogP contribution in [0.5, 0.6) is 5.75 Å². The van der Waals surface area contributed by atoms with Gasteiger partial charge in [-0.15, -0.1) is 12.4 Å². The SMILES string of the molecule is CCOc1cccc([C@H]2CCCN2)c1.Cl. The van der Waals surface area contributed by atoms with Crippen LogP contribution >= 0.6 is 12.4 Å². The van der Waals surface area contributed by atoms with Gasteiger partial charge in [0.15, 0.2) is 0 Å². The molecule has 0 amide bonds. The zero-order valence-corrected chi connectivity index (χ0v) is 9.85. The van der Waals surface area contributed by atoms with Crippen LogP contribution in [0.15, 0.2) is 24.3 Å². The van der Waals surface area contributed by atoms with Gasteiger partial charge in [0.2, 0.25) is 0 Å². The Hall–Kier alpha value is -0.730. The van der Waals surface area contributed by atoms with E-state index in [1.165, 1.54) is 18.4 Å². The molecular formula is C12H18ClNO. The molecule has 0 spiro atoms. The Morgan fingerprint density at radius 3 is 3.00 bits per heavy atom. The molecule has 2 rings (SSSR count). The van der Waals surface area contributed by atoms with Crippen LogP contribution in [0.1, 0.15) is 31.4 Å². The first-order chi connectivity index (χ1) is 6.90. The van der Waals surface area contributed by atoms with Crippen molar-refractivity contribution in [1.29, 1.82) is 0 Å². The maximum atomic E-state index is 5.48. The minimum atomic E-state index is 0. The topological polar surface area (TPSA) is 21.3 Å². The van der Waals surface area contributed by atoms with Crippen molar-refractivity contribution >= 4 is 12.4 Å². The van der Waals surface area contributed by atoms with Crippen molar-refractivity contribution in [1.82, 2.24) is 5.32 Å². The summed E-state index contributed by atoms with van der Waals surface area (Å²) < 4.78 is 5.48. The highest BCUT2D eigenvalue weighted by Gasteiger charge is 2.15. The third-order valence-corrected chi connectivity index (χ3v) is 2.63. The molecule has 1 fully saturated rings. The Morgan fingerprint density at radius 2 is 2.33 bits per heavy atom. The summed E-state index contributed by atoms with van der Waals surface area (Å²) in [5.74, 6) is 0.985. The van der Waals surface area contributed by atoms with E-state index in [4.69, 9.17) is 4.74 Å². The number of halogens is 1. The van der Waals surface area contributed by atoms with Gasteiger partial charge >= 0.3 is 0 Å². The summed E-state index contributed by atoms with van der Waals surface area (Å²) in [5, 5.41) is 3.49. The fourth-order valence-corrected chi connectivity index (χ4v) is 1.96. The van der Waals surface area contributed by atoms with Crippen LogP contribution in [0.4, 0.5) is 0 Å². The van der Waals surface area contributed by atoms with Crippen LogP contribution in [0.25, 0.3) is 0 Å². The van der Waals surface area contributed by atoms with Gasteiger partial charge in [0.25, 0.3) is 0 Å². The number of ether oxygens (including phenoxy) is 1. The second-order valence-electron chi connectivity index (χ2n) is 3.65. The molecule has 0 aromatic heterocycles. The Balaban J connectivity index is 0.00000112. The molecule has 1 heterocycles. The van der Waals surface area contributed by atoms with Crippen molar-refractivity contribution in [2.24, 2.45) is 0 Å². The van der Waals surface area contributed by atoms with E-state index in [1.807, 2.05) is 13.0 Å². The van der Waals surface area contributed by atoms with E-state index >= 15 is 0 Å². The molecule has 15 heavy (non-hydrogen) atoms. The van der Waals surface area contributed by atoms with Crippen molar-refractivity contribution in [2.45, 2.75) is 25.8 Å². The lowest BCUT2D eigenvalue weighted by atomic mass is 10.1. The molecular weight excluding hydrogens is 210 g/mol. The molecule has 1 aliphatic heterocycles. The highest BCUT2D eigenvalue weighted by Crippen LogP contribution is 2.25. The summed E-state index contributed by atoms with van der Waals surface area (Å²) in [6.07, 6.45) is 2.53. The van der Waals surface area contributed by atoms with E-state index in [0.717, 1.165) is 18.9 Å². The highest BCUT2D eigenvalue weighted by atomic mass is 35.5. The largest absolute Gasteiger partial charge is 0.494 e. The average Bonchev–Trinajstić information content (AvgIpc) is 2.71. The van der Waals surface area contributed by atoms with Gasteiger partial charge in [0, 0.05) is 6.04 Å². The number of hydrogen-bond acceptors (Lipinski definition) is 2. The van der Waals surface area contributed by atoms with Crippen LogP contribution in [-0.4, -0.2) is 13.2 Å². The quantitative estimate of drug-likeness (QED) is 0.858. The maximum absolute atomic E-state index is 5.48. The van der Waals surface area contributed by atoms with Gasteiger partial charge in [-0.25, -0.2) is 0 Å². The van der Waals surface area contributed by atoms with Crippen molar-refractivity contribution in [3.63, 3.8) is 0 Å². The molecule has 0 aliphatic carbocycles. The Bertz CT molecular complexity index is 297. The summed E-state index contributed by atoms with van der Waals surface area (Å²) in [5.41, 5.74) is 1.36. The summed E-state index contributed by atoms with van der Waals surface area (Å²) >= 11 is 0. The van der Waals surface area contributed by atoms with Crippen LogP contribution in [0.2, 0.25) is 0 Å². The van der Waals surface area contributed by atoms with E-state index in [2.05, 4.69) is 23.5 Å². The minimum Gasteiger partial charge on any atom is -0.494 e. The number of benzene rings is 1. The third-order valence-electron chi connectivity index (χ3n) is 2.63. The Kier molecular flexibility index (Phi) is 4.92. The normalized spacial score (nSPS) is 19.7. The molecule has 1 aromatic rings. The minimum absolute atomic E-state index is 0. The molecule has 3 heteroatoms. The standard InChI is InChI=1S/C12H17NO.ClH/c1-2-14-11-6-3-5-10(9-11)12-7-4-8-13-12;/h3,5-6,9,12-13H,2,4,7-8H2,1H3;1H/t12-;/m1./s1. The van der Waals surface area contributed by atoms with Crippen LogP contribution in [-0.2, 0) is 0 Å². The first-order valence-corrected chi connectivity index (χ1v) is 5.36. The van der Waals surface area contributed by atoms with E-state index < -0.39 is 0 Å². The number of hydrogen-bond donors (Lipinski definition) is 1. The van der Waals surface area contributed by atoms with Gasteiger partial charge in [-0.2, -0.15) is 0 Å². The average molecular weight is 228 g/mol. The summed E-state index contributed by atoms with van der Waals surface area (Å²) in [4.78, 5) is 0. The van der Waals surface area contributed by atoms with Gasteiger partial charge in [-0.05, 0) is 44.0 Å². The number of nitrogens with one attached hydrogen (secondary N) is 1.